The van der Waals surface area contributed by atoms with Crippen LogP contribution in [0.1, 0.15) is 31.4 Å². The van der Waals surface area contributed by atoms with Crippen LogP contribution in [0.4, 0.5) is 0 Å². The van der Waals surface area contributed by atoms with E-state index in [-0.39, 0.29) is 22.6 Å². The molecular weight excluding hydrogens is 384 g/mol. The number of piperidine rings is 2. The van der Waals surface area contributed by atoms with E-state index in [1.807, 2.05) is 82.6 Å². The third-order valence-corrected chi connectivity index (χ3v) is 6.20. The fourth-order valence-electron chi connectivity index (χ4n) is 5.29. The van der Waals surface area contributed by atoms with Crippen molar-refractivity contribution in [2.24, 2.45) is 10.8 Å². The molecule has 4 nitrogen and oxygen atoms in total. The summed E-state index contributed by atoms with van der Waals surface area (Å²) in [5.74, 6) is 0.0921. The summed E-state index contributed by atoms with van der Waals surface area (Å²) in [7, 11) is 0. The van der Waals surface area contributed by atoms with Gasteiger partial charge in [-0.1, -0.05) is 74.5 Å². The first kappa shape index (κ1) is 21.1. The predicted molar refractivity (Wildman–Crippen MR) is 125 cm³/mol. The molecule has 4 rings (SSSR count). The minimum Gasteiger partial charge on any atom is -0.338 e. The Hall–Kier alpha value is -3.14. The SMILES string of the molecule is CC12CN(C(=O)/C=C/c3ccccc3)CC(C)(CN(C(=O)/C=C/c3ccccc3)C1)C2. The predicted octanol–water partition coefficient (Wildman–Crippen LogP) is 4.50. The molecule has 2 saturated heterocycles. The summed E-state index contributed by atoms with van der Waals surface area (Å²) in [5.41, 5.74) is 1.84. The van der Waals surface area contributed by atoms with Gasteiger partial charge in [0.25, 0.3) is 0 Å². The molecule has 4 heteroatoms. The Morgan fingerprint density at radius 2 is 1.03 bits per heavy atom. The van der Waals surface area contributed by atoms with Crippen molar-refractivity contribution in [1.82, 2.24) is 9.80 Å². The van der Waals surface area contributed by atoms with Crippen LogP contribution in [-0.4, -0.2) is 47.8 Å². The molecule has 0 saturated carbocycles. The monoisotopic (exact) mass is 414 g/mol. The van der Waals surface area contributed by atoms with Gasteiger partial charge in [-0.25, -0.2) is 0 Å². The van der Waals surface area contributed by atoms with Gasteiger partial charge >= 0.3 is 0 Å². The van der Waals surface area contributed by atoms with Crippen molar-refractivity contribution in [3.05, 3.63) is 83.9 Å². The summed E-state index contributed by atoms with van der Waals surface area (Å²) in [4.78, 5) is 29.7. The van der Waals surface area contributed by atoms with Crippen molar-refractivity contribution >= 4 is 24.0 Å². The van der Waals surface area contributed by atoms with Crippen molar-refractivity contribution in [3.63, 3.8) is 0 Å². The second-order valence-electron chi connectivity index (χ2n) is 9.67. The van der Waals surface area contributed by atoms with Gasteiger partial charge in [-0.2, -0.15) is 0 Å². The summed E-state index contributed by atoms with van der Waals surface area (Å²) in [5, 5.41) is 0. The number of amides is 2. The summed E-state index contributed by atoms with van der Waals surface area (Å²) in [6.07, 6.45) is 8.13. The van der Waals surface area contributed by atoms with Gasteiger partial charge in [0.2, 0.25) is 11.8 Å². The molecule has 2 aromatic carbocycles. The van der Waals surface area contributed by atoms with Crippen LogP contribution in [-0.2, 0) is 9.59 Å². The van der Waals surface area contributed by atoms with Gasteiger partial charge in [-0.15, -0.1) is 0 Å². The molecular formula is C27H30N2O2. The first-order valence-corrected chi connectivity index (χ1v) is 10.9. The zero-order valence-electron chi connectivity index (χ0n) is 18.3. The van der Waals surface area contributed by atoms with Gasteiger partial charge in [0, 0.05) is 49.2 Å². The number of hydrogen-bond donors (Lipinski definition) is 0. The van der Waals surface area contributed by atoms with E-state index in [1.54, 1.807) is 12.2 Å². The number of rotatable bonds is 4. The molecule has 2 amide bonds. The van der Waals surface area contributed by atoms with E-state index >= 15 is 0 Å². The molecule has 0 aliphatic carbocycles. The molecule has 0 aromatic heterocycles. The minimum atomic E-state index is -0.0995. The average Bonchev–Trinajstić information content (AvgIpc) is 2.75. The van der Waals surface area contributed by atoms with Gasteiger partial charge in [-0.05, 0) is 29.7 Å². The van der Waals surface area contributed by atoms with E-state index in [2.05, 4.69) is 13.8 Å². The van der Waals surface area contributed by atoms with Crippen molar-refractivity contribution in [2.45, 2.75) is 20.3 Å². The van der Waals surface area contributed by atoms with Crippen LogP contribution >= 0.6 is 0 Å². The lowest BCUT2D eigenvalue weighted by atomic mass is 9.65. The maximum absolute atomic E-state index is 12.9. The van der Waals surface area contributed by atoms with Crippen molar-refractivity contribution < 1.29 is 9.59 Å². The summed E-state index contributed by atoms with van der Waals surface area (Å²) >= 11 is 0. The standard InChI is InChI=1S/C27H30N2O2/c1-26-17-27(2,20-28(18-26)24(30)15-13-22-9-5-3-6-10-22)21-29(19-26)25(31)16-14-23-11-7-4-8-12-23/h3-16H,17-21H2,1-2H3/b15-13+,16-14+. The van der Waals surface area contributed by atoms with Gasteiger partial charge < -0.3 is 9.80 Å². The van der Waals surface area contributed by atoms with E-state index < -0.39 is 0 Å². The number of fused-ring (bicyclic) bond motifs is 2. The fraction of sp³-hybridized carbons (Fsp3) is 0.333. The van der Waals surface area contributed by atoms with Gasteiger partial charge in [0.05, 0.1) is 0 Å². The highest BCUT2D eigenvalue weighted by molar-refractivity contribution is 5.93. The Morgan fingerprint density at radius 1 is 0.677 bits per heavy atom. The van der Waals surface area contributed by atoms with Crippen LogP contribution in [0.3, 0.4) is 0 Å². The fourth-order valence-corrected chi connectivity index (χ4v) is 5.29. The Labute approximate surface area is 184 Å². The second kappa shape index (κ2) is 8.54. The smallest absolute Gasteiger partial charge is 0.246 e. The lowest BCUT2D eigenvalue weighted by molar-refractivity contribution is -0.147. The number of nitrogens with zero attached hydrogens (tertiary/aromatic N) is 2. The van der Waals surface area contributed by atoms with Crippen molar-refractivity contribution in [2.75, 3.05) is 26.2 Å². The molecule has 2 bridgehead atoms. The Morgan fingerprint density at radius 3 is 1.39 bits per heavy atom. The average molecular weight is 415 g/mol. The largest absolute Gasteiger partial charge is 0.338 e. The van der Waals surface area contributed by atoms with Crippen LogP contribution in [0.2, 0.25) is 0 Å². The van der Waals surface area contributed by atoms with Gasteiger partial charge in [0.1, 0.15) is 0 Å². The second-order valence-corrected chi connectivity index (χ2v) is 9.67. The number of likely N-dealkylation sites (tertiary alicyclic amines) is 2. The molecule has 160 valence electrons. The molecule has 2 heterocycles. The zero-order chi connectivity index (χ0) is 21.9. The molecule has 2 aliphatic rings. The van der Waals surface area contributed by atoms with Crippen LogP contribution in [0.25, 0.3) is 12.2 Å². The van der Waals surface area contributed by atoms with Gasteiger partial charge in [-0.3, -0.25) is 9.59 Å². The lowest BCUT2D eigenvalue weighted by Crippen LogP contribution is -2.63. The molecule has 2 fully saturated rings. The number of benzene rings is 2. The first-order chi connectivity index (χ1) is 14.8. The normalized spacial score (nSPS) is 25.9. The van der Waals surface area contributed by atoms with E-state index in [4.69, 9.17) is 0 Å². The van der Waals surface area contributed by atoms with E-state index in [9.17, 15) is 9.59 Å². The summed E-state index contributed by atoms with van der Waals surface area (Å²) in [6, 6.07) is 19.8. The van der Waals surface area contributed by atoms with E-state index in [0.717, 1.165) is 17.5 Å². The Bertz CT molecular complexity index is 901. The van der Waals surface area contributed by atoms with E-state index in [0.29, 0.717) is 26.2 Å². The summed E-state index contributed by atoms with van der Waals surface area (Å²) < 4.78 is 0. The highest BCUT2D eigenvalue weighted by Crippen LogP contribution is 2.45. The van der Waals surface area contributed by atoms with E-state index in [1.165, 1.54) is 0 Å². The number of carbonyl (C=O) groups is 2. The maximum atomic E-state index is 12.9. The number of hydrogen-bond acceptors (Lipinski definition) is 2. The minimum absolute atomic E-state index is 0.0461. The quantitative estimate of drug-likeness (QED) is 0.691. The molecule has 0 radical (unpaired) electrons. The van der Waals surface area contributed by atoms with Gasteiger partial charge in [0.15, 0.2) is 0 Å². The molecule has 2 aliphatic heterocycles. The summed E-state index contributed by atoms with van der Waals surface area (Å²) in [6.45, 7) is 7.09. The third-order valence-electron chi connectivity index (χ3n) is 6.20. The molecule has 31 heavy (non-hydrogen) atoms. The highest BCUT2D eigenvalue weighted by Gasteiger charge is 2.49. The van der Waals surface area contributed by atoms with Crippen LogP contribution in [0.15, 0.2) is 72.8 Å². The molecule has 0 atom stereocenters. The molecule has 0 spiro atoms. The molecule has 2 aromatic rings. The Kier molecular flexibility index (Phi) is 5.81. The Balaban J connectivity index is 1.44. The number of carbonyl (C=O) groups excluding carboxylic acids is 2. The van der Waals surface area contributed by atoms with Crippen molar-refractivity contribution in [3.8, 4) is 0 Å². The first-order valence-electron chi connectivity index (χ1n) is 10.9. The third kappa shape index (κ3) is 5.13. The molecule has 0 unspecified atom stereocenters. The van der Waals surface area contributed by atoms with Crippen LogP contribution in [0, 0.1) is 10.8 Å². The maximum Gasteiger partial charge on any atom is 0.246 e. The van der Waals surface area contributed by atoms with Crippen LogP contribution in [0.5, 0.6) is 0 Å². The van der Waals surface area contributed by atoms with Crippen LogP contribution < -0.4 is 0 Å². The molecule has 0 N–H and O–H groups in total. The lowest BCUT2D eigenvalue weighted by Gasteiger charge is -2.56. The zero-order valence-corrected chi connectivity index (χ0v) is 18.3. The topological polar surface area (TPSA) is 40.6 Å². The van der Waals surface area contributed by atoms with Crippen molar-refractivity contribution in [1.29, 1.82) is 0 Å². The highest BCUT2D eigenvalue weighted by atomic mass is 16.2.